The molecule has 0 aromatic carbocycles. The zero-order valence-electron chi connectivity index (χ0n) is 26.9. The smallest absolute Gasteiger partial charge is 0.317 e. The van der Waals surface area contributed by atoms with E-state index in [0.29, 0.717) is 26.4 Å². The van der Waals surface area contributed by atoms with E-state index >= 15 is 0 Å². The van der Waals surface area contributed by atoms with Gasteiger partial charge in [0.1, 0.15) is 0 Å². The second-order valence-electron chi connectivity index (χ2n) is 10.9. The van der Waals surface area contributed by atoms with E-state index in [1.165, 1.54) is 0 Å². The number of hydrogen-bond donors (Lipinski definition) is 0. The summed E-state index contributed by atoms with van der Waals surface area (Å²) in [6.45, 7) is 23.6. The summed E-state index contributed by atoms with van der Waals surface area (Å²) in [4.78, 5) is 0. The Labute approximate surface area is 264 Å². The number of rotatable bonds is 12. The van der Waals surface area contributed by atoms with E-state index in [1.54, 1.807) is 0 Å². The lowest BCUT2D eigenvalue weighted by Crippen LogP contribution is -2.52. The fourth-order valence-corrected chi connectivity index (χ4v) is 40.3. The second kappa shape index (κ2) is 20.0. The first-order chi connectivity index (χ1) is 19.3. The topological polar surface area (TPSA) is 111 Å². The standard InChI is InChI=1S/C19H56O12Si10/c1-32-22-33(2)25-37(6)29-40(9,28-36(5)24-32)18-12-16-20-14-11-15-21-17-13-19-41(10)30-38(7)26-34(3)23-35(4)27-39(8)31-41/h32-39H,11-19H2,1-10H3. The monoisotopic (exact) mass is 756 g/mol. The fraction of sp³-hybridized carbons (Fsp3) is 1.00. The molecule has 0 saturated carbocycles. The van der Waals surface area contributed by atoms with Gasteiger partial charge in [0.15, 0.2) is 0 Å². The molecule has 0 amide bonds. The minimum absolute atomic E-state index is 0.678. The highest BCUT2D eigenvalue weighted by molar-refractivity contribution is 6.81. The number of hydrogen-bond acceptors (Lipinski definition) is 12. The van der Waals surface area contributed by atoms with E-state index in [2.05, 4.69) is 65.5 Å². The van der Waals surface area contributed by atoms with E-state index in [4.69, 9.17) is 50.6 Å². The molecule has 2 saturated heterocycles. The molecule has 0 radical (unpaired) electrons. The van der Waals surface area contributed by atoms with Gasteiger partial charge < -0.3 is 50.6 Å². The fourth-order valence-electron chi connectivity index (χ4n) is 5.01. The molecule has 22 heteroatoms. The van der Waals surface area contributed by atoms with Gasteiger partial charge in [0.2, 0.25) is 0 Å². The SMILES string of the molecule is C[SiH]1O[SiH](C)O[SiH](C)O[Si](C)(CCCOCCCOCCC[Si]2(C)O[SiH](C)O[SiH](C)O[SiH](C)O[SiH](C)O2)O[SiH](C)O1. The van der Waals surface area contributed by atoms with Crippen molar-refractivity contribution in [3.63, 3.8) is 0 Å². The molecule has 0 aliphatic carbocycles. The molecule has 2 heterocycles. The van der Waals surface area contributed by atoms with Crippen LogP contribution in [0.3, 0.4) is 0 Å². The Morgan fingerprint density at radius 2 is 0.634 bits per heavy atom. The molecule has 0 bridgehead atoms. The Balaban J connectivity index is 1.61. The third-order valence-electron chi connectivity index (χ3n) is 6.38. The zero-order chi connectivity index (χ0) is 30.5. The Morgan fingerprint density at radius 3 is 0.927 bits per heavy atom. The van der Waals surface area contributed by atoms with Crippen LogP contribution in [0.1, 0.15) is 19.3 Å². The molecule has 2 aliphatic heterocycles. The summed E-state index contributed by atoms with van der Waals surface area (Å²) in [6, 6.07) is 1.75. The molecule has 2 aliphatic rings. The largest absolute Gasteiger partial charge is 0.420 e. The van der Waals surface area contributed by atoms with Crippen molar-refractivity contribution >= 4 is 91.4 Å². The van der Waals surface area contributed by atoms with Gasteiger partial charge in [0.25, 0.3) is 74.3 Å². The van der Waals surface area contributed by atoms with E-state index in [-0.39, 0.29) is 0 Å². The normalized spacial score (nSPS) is 40.2. The molecule has 0 spiro atoms. The van der Waals surface area contributed by atoms with Crippen LogP contribution in [-0.4, -0.2) is 118 Å². The van der Waals surface area contributed by atoms with Crippen LogP contribution in [0.2, 0.25) is 77.6 Å². The van der Waals surface area contributed by atoms with E-state index < -0.39 is 91.4 Å². The third kappa shape index (κ3) is 17.3. The maximum Gasteiger partial charge on any atom is 0.317 e. The predicted octanol–water partition coefficient (Wildman–Crippen LogP) is 1.33. The summed E-state index contributed by atoms with van der Waals surface area (Å²) < 4.78 is 73.8. The molecule has 8 atom stereocenters. The maximum absolute atomic E-state index is 6.43. The van der Waals surface area contributed by atoms with Crippen molar-refractivity contribution in [2.24, 2.45) is 0 Å². The minimum Gasteiger partial charge on any atom is -0.420 e. The Morgan fingerprint density at radius 1 is 0.390 bits per heavy atom. The van der Waals surface area contributed by atoms with E-state index in [0.717, 1.165) is 31.4 Å². The van der Waals surface area contributed by atoms with Gasteiger partial charge in [-0.3, -0.25) is 0 Å². The van der Waals surface area contributed by atoms with Crippen LogP contribution in [0.15, 0.2) is 0 Å². The lowest BCUT2D eigenvalue weighted by atomic mass is 10.4. The average Bonchev–Trinajstić information content (AvgIpc) is 2.79. The molecule has 0 aromatic rings. The summed E-state index contributed by atoms with van der Waals surface area (Å²) in [5, 5.41) is 0. The van der Waals surface area contributed by atoms with Gasteiger partial charge in [0, 0.05) is 26.4 Å². The van der Waals surface area contributed by atoms with Crippen molar-refractivity contribution < 1.29 is 50.6 Å². The summed E-state index contributed by atoms with van der Waals surface area (Å²) in [7, 11) is -18.7. The third-order valence-corrected chi connectivity index (χ3v) is 40.6. The Bertz CT molecular complexity index is 632. The molecule has 0 aromatic heterocycles. The second-order valence-corrected chi connectivity index (χ2v) is 35.8. The molecular weight excluding hydrogens is 701 g/mol. The minimum atomic E-state index is -2.37. The van der Waals surface area contributed by atoms with E-state index in [1.807, 2.05) is 0 Å². The molecular formula is C19H56O12Si10. The van der Waals surface area contributed by atoms with Crippen LogP contribution in [0.5, 0.6) is 0 Å². The molecule has 12 nitrogen and oxygen atoms in total. The number of ether oxygens (including phenoxy) is 2. The zero-order valence-corrected chi connectivity index (χ0v) is 38.1. The molecule has 244 valence electrons. The molecule has 2 fully saturated rings. The lowest BCUT2D eigenvalue weighted by Gasteiger charge is -2.36. The highest BCUT2D eigenvalue weighted by Gasteiger charge is 2.39. The molecule has 8 unspecified atom stereocenters. The van der Waals surface area contributed by atoms with Crippen molar-refractivity contribution in [3.05, 3.63) is 0 Å². The highest BCUT2D eigenvalue weighted by Crippen LogP contribution is 2.22. The van der Waals surface area contributed by atoms with Crippen molar-refractivity contribution in [1.82, 2.24) is 0 Å². The van der Waals surface area contributed by atoms with Crippen molar-refractivity contribution in [1.29, 1.82) is 0 Å². The van der Waals surface area contributed by atoms with Crippen LogP contribution in [-0.2, 0) is 50.6 Å². The summed E-state index contributed by atoms with van der Waals surface area (Å²) in [5.74, 6) is 0. The first kappa shape index (κ1) is 38.9. The Hall–Kier alpha value is 1.69. The summed E-state index contributed by atoms with van der Waals surface area (Å²) >= 11 is 0. The summed E-state index contributed by atoms with van der Waals surface area (Å²) in [5.41, 5.74) is 0. The average molecular weight is 758 g/mol. The van der Waals surface area contributed by atoms with Gasteiger partial charge in [-0.15, -0.1) is 0 Å². The van der Waals surface area contributed by atoms with Crippen molar-refractivity contribution in [2.75, 3.05) is 26.4 Å². The van der Waals surface area contributed by atoms with Gasteiger partial charge in [-0.1, -0.05) is 0 Å². The Kier molecular flexibility index (Phi) is 19.0. The molecule has 2 rings (SSSR count). The van der Waals surface area contributed by atoms with Crippen LogP contribution >= 0.6 is 0 Å². The first-order valence-corrected chi connectivity index (χ1v) is 36.9. The first-order valence-electron chi connectivity index (χ1n) is 15.1. The van der Waals surface area contributed by atoms with Crippen molar-refractivity contribution in [3.8, 4) is 0 Å². The van der Waals surface area contributed by atoms with Crippen LogP contribution in [0.4, 0.5) is 0 Å². The van der Waals surface area contributed by atoms with Gasteiger partial charge in [-0.2, -0.15) is 0 Å². The van der Waals surface area contributed by atoms with Gasteiger partial charge in [-0.05, 0) is 96.8 Å². The quantitative estimate of drug-likeness (QED) is 0.212. The summed E-state index contributed by atoms with van der Waals surface area (Å²) in [6.07, 6.45) is 2.67. The van der Waals surface area contributed by atoms with Crippen LogP contribution in [0, 0.1) is 0 Å². The molecule has 0 N–H and O–H groups in total. The highest BCUT2D eigenvalue weighted by atomic mass is 28.5. The van der Waals surface area contributed by atoms with Gasteiger partial charge in [0.05, 0.1) is 0 Å². The molecule has 41 heavy (non-hydrogen) atoms. The lowest BCUT2D eigenvalue weighted by molar-refractivity contribution is 0.0820. The van der Waals surface area contributed by atoms with Gasteiger partial charge in [-0.25, -0.2) is 0 Å². The maximum atomic E-state index is 6.43. The van der Waals surface area contributed by atoms with Gasteiger partial charge >= 0.3 is 17.1 Å². The van der Waals surface area contributed by atoms with Crippen molar-refractivity contribution in [2.45, 2.75) is 96.8 Å². The van der Waals surface area contributed by atoms with Crippen LogP contribution in [0.25, 0.3) is 0 Å². The predicted molar refractivity (Wildman–Crippen MR) is 183 cm³/mol. The van der Waals surface area contributed by atoms with E-state index in [9.17, 15) is 0 Å². The van der Waals surface area contributed by atoms with Crippen LogP contribution < -0.4 is 0 Å².